The zero-order valence-electron chi connectivity index (χ0n) is 9.45. The zero-order valence-corrected chi connectivity index (χ0v) is 11.1. The van der Waals surface area contributed by atoms with Crippen molar-refractivity contribution >= 4 is 23.7 Å². The number of ether oxygens (including phenoxy) is 1. The topological polar surface area (TPSA) is 35.2 Å². The van der Waals surface area contributed by atoms with Crippen molar-refractivity contribution < 1.29 is 17.9 Å². The van der Waals surface area contributed by atoms with E-state index in [0.717, 1.165) is 16.2 Å². The van der Waals surface area contributed by atoms with Gasteiger partial charge in [-0.3, -0.25) is 0 Å². The van der Waals surface area contributed by atoms with Crippen LogP contribution in [0.3, 0.4) is 0 Å². The van der Waals surface area contributed by atoms with Gasteiger partial charge in [-0.25, -0.2) is 0 Å². The second-order valence-electron chi connectivity index (χ2n) is 3.83. The van der Waals surface area contributed by atoms with Crippen LogP contribution >= 0.6 is 23.7 Å². The van der Waals surface area contributed by atoms with Crippen molar-refractivity contribution in [3.63, 3.8) is 0 Å². The summed E-state index contributed by atoms with van der Waals surface area (Å²) in [4.78, 5) is 0.840. The third kappa shape index (κ3) is 5.61. The van der Waals surface area contributed by atoms with Gasteiger partial charge in [-0.2, -0.15) is 13.2 Å². The molecule has 0 bridgehead atoms. The van der Waals surface area contributed by atoms with Crippen molar-refractivity contribution in [2.75, 3.05) is 6.61 Å². The van der Waals surface area contributed by atoms with E-state index in [-0.39, 0.29) is 29.4 Å². The molecule has 17 heavy (non-hydrogen) atoms. The monoisotopic (exact) mass is 289 g/mol. The van der Waals surface area contributed by atoms with Crippen LogP contribution in [0.15, 0.2) is 12.1 Å². The van der Waals surface area contributed by atoms with E-state index < -0.39 is 12.8 Å². The minimum Gasteiger partial charge on any atom is -0.475 e. The summed E-state index contributed by atoms with van der Waals surface area (Å²) in [5, 5.41) is 0.253. The van der Waals surface area contributed by atoms with Gasteiger partial charge in [0.15, 0.2) is 11.7 Å². The lowest BCUT2D eigenvalue weighted by molar-refractivity contribution is -0.152. The predicted molar refractivity (Wildman–Crippen MR) is 64.9 cm³/mol. The minimum absolute atomic E-state index is 0. The maximum atomic E-state index is 11.9. The molecule has 1 unspecified atom stereocenters. The summed E-state index contributed by atoms with van der Waals surface area (Å²) >= 11 is 1.16. The Labute approximate surface area is 108 Å². The number of alkyl halides is 3. The number of thiophene rings is 1. The number of halogens is 4. The molecule has 0 spiro atoms. The van der Waals surface area contributed by atoms with Crippen LogP contribution in [-0.4, -0.2) is 12.8 Å². The average Bonchev–Trinajstić information content (AvgIpc) is 2.60. The first kappa shape index (κ1) is 16.5. The van der Waals surface area contributed by atoms with E-state index >= 15 is 0 Å². The van der Waals surface area contributed by atoms with Gasteiger partial charge in [0.05, 0.1) is 0 Å². The Balaban J connectivity index is 0.00000256. The van der Waals surface area contributed by atoms with Crippen molar-refractivity contribution in [3.05, 3.63) is 17.0 Å². The van der Waals surface area contributed by atoms with Gasteiger partial charge in [-0.15, -0.1) is 23.7 Å². The van der Waals surface area contributed by atoms with Crippen LogP contribution in [-0.2, 0) is 0 Å². The summed E-state index contributed by atoms with van der Waals surface area (Å²) in [6.07, 6.45) is -4.30. The molecule has 0 aliphatic rings. The lowest BCUT2D eigenvalue weighted by Gasteiger charge is -2.12. The molecule has 0 saturated carbocycles. The van der Waals surface area contributed by atoms with E-state index in [4.69, 9.17) is 5.73 Å². The van der Waals surface area contributed by atoms with E-state index in [0.29, 0.717) is 0 Å². The molecule has 1 atom stereocenters. The molecular weight excluding hydrogens is 275 g/mol. The fourth-order valence-electron chi connectivity index (χ4n) is 1.07. The summed E-state index contributed by atoms with van der Waals surface area (Å²) in [5.41, 5.74) is 5.87. The fourth-order valence-corrected chi connectivity index (χ4v) is 2.10. The zero-order chi connectivity index (χ0) is 12.3. The highest BCUT2D eigenvalue weighted by Gasteiger charge is 2.28. The second-order valence-corrected chi connectivity index (χ2v) is 4.91. The maximum absolute atomic E-state index is 11.9. The highest BCUT2D eigenvalue weighted by atomic mass is 35.5. The molecule has 1 rings (SSSR count). The molecule has 100 valence electrons. The van der Waals surface area contributed by atoms with Crippen LogP contribution in [0, 0.1) is 5.92 Å². The second kappa shape index (κ2) is 6.47. The summed E-state index contributed by atoms with van der Waals surface area (Å²) in [7, 11) is 0. The van der Waals surface area contributed by atoms with E-state index in [9.17, 15) is 13.2 Å². The maximum Gasteiger partial charge on any atom is 0.422 e. The summed E-state index contributed by atoms with van der Waals surface area (Å²) in [6.45, 7) is 2.66. The summed E-state index contributed by atoms with van der Waals surface area (Å²) in [6, 6.07) is 3.07. The molecule has 0 radical (unpaired) electrons. The Morgan fingerprint density at radius 1 is 1.35 bits per heavy atom. The van der Waals surface area contributed by atoms with Gasteiger partial charge in [-0.05, 0) is 18.1 Å². The first-order valence-corrected chi connectivity index (χ1v) is 5.66. The van der Waals surface area contributed by atoms with Crippen LogP contribution in [0.25, 0.3) is 0 Å². The van der Waals surface area contributed by atoms with Crippen LogP contribution < -0.4 is 10.5 Å². The molecular formula is C10H15ClF3NOS. The smallest absolute Gasteiger partial charge is 0.422 e. The highest BCUT2D eigenvalue weighted by Crippen LogP contribution is 2.32. The Bertz CT molecular complexity index is 341. The van der Waals surface area contributed by atoms with Gasteiger partial charge < -0.3 is 10.5 Å². The Kier molecular flexibility index (Phi) is 6.29. The lowest BCUT2D eigenvalue weighted by atomic mass is 10.0. The number of hydrogen-bond acceptors (Lipinski definition) is 3. The number of hydrogen-bond donors (Lipinski definition) is 1. The summed E-state index contributed by atoms with van der Waals surface area (Å²) in [5.74, 6) is 0.245. The molecule has 2 N–H and O–H groups in total. The third-order valence-corrected chi connectivity index (χ3v) is 3.13. The van der Waals surface area contributed by atoms with Crippen LogP contribution in [0.1, 0.15) is 24.8 Å². The van der Waals surface area contributed by atoms with Gasteiger partial charge in [0.1, 0.15) is 0 Å². The van der Waals surface area contributed by atoms with Gasteiger partial charge in [0, 0.05) is 10.9 Å². The van der Waals surface area contributed by atoms with E-state index in [1.54, 1.807) is 6.07 Å². The molecule has 0 aromatic carbocycles. The molecule has 0 aliphatic heterocycles. The van der Waals surface area contributed by atoms with Crippen molar-refractivity contribution in [1.82, 2.24) is 0 Å². The first-order chi connectivity index (χ1) is 7.29. The average molecular weight is 290 g/mol. The van der Waals surface area contributed by atoms with E-state index in [1.807, 2.05) is 13.8 Å². The number of nitrogens with two attached hydrogens (primary N) is 1. The predicted octanol–water partition coefficient (Wildman–Crippen LogP) is 3.77. The lowest BCUT2D eigenvalue weighted by Crippen LogP contribution is -2.18. The third-order valence-electron chi connectivity index (χ3n) is 2.03. The van der Waals surface area contributed by atoms with Crippen molar-refractivity contribution in [3.8, 4) is 5.06 Å². The molecule has 1 heterocycles. The summed E-state index contributed by atoms with van der Waals surface area (Å²) < 4.78 is 40.3. The van der Waals surface area contributed by atoms with Gasteiger partial charge in [-0.1, -0.05) is 13.8 Å². The molecule has 2 nitrogen and oxygen atoms in total. The van der Waals surface area contributed by atoms with E-state index in [1.165, 1.54) is 6.07 Å². The molecule has 0 aliphatic carbocycles. The molecule has 0 amide bonds. The quantitative estimate of drug-likeness (QED) is 0.916. The molecule has 0 fully saturated rings. The van der Waals surface area contributed by atoms with Crippen molar-refractivity contribution in [2.24, 2.45) is 11.7 Å². The van der Waals surface area contributed by atoms with Gasteiger partial charge >= 0.3 is 6.18 Å². The Morgan fingerprint density at radius 3 is 2.41 bits per heavy atom. The van der Waals surface area contributed by atoms with Gasteiger partial charge in [0.2, 0.25) is 0 Å². The molecule has 1 aromatic heterocycles. The minimum atomic E-state index is -4.30. The van der Waals surface area contributed by atoms with Crippen LogP contribution in [0.2, 0.25) is 0 Å². The van der Waals surface area contributed by atoms with Crippen LogP contribution in [0.5, 0.6) is 5.06 Å². The fraction of sp³-hybridized carbons (Fsp3) is 0.600. The van der Waals surface area contributed by atoms with Crippen molar-refractivity contribution in [2.45, 2.75) is 26.1 Å². The largest absolute Gasteiger partial charge is 0.475 e. The van der Waals surface area contributed by atoms with E-state index in [2.05, 4.69) is 4.74 Å². The number of rotatable bonds is 4. The molecule has 1 aromatic rings. The Hall–Kier alpha value is -0.460. The standard InChI is InChI=1S/C10H14F3NOS.ClH/c1-6(2)9(14)7-3-4-8(16-7)15-5-10(11,12)13;/h3-4,6,9H,5,14H2,1-2H3;1H. The molecule has 0 saturated heterocycles. The highest BCUT2D eigenvalue weighted by molar-refractivity contribution is 7.13. The Morgan fingerprint density at radius 2 is 1.94 bits per heavy atom. The van der Waals surface area contributed by atoms with Crippen LogP contribution in [0.4, 0.5) is 13.2 Å². The molecule has 7 heteroatoms. The van der Waals surface area contributed by atoms with Gasteiger partial charge in [0.25, 0.3) is 0 Å². The van der Waals surface area contributed by atoms with Crippen molar-refractivity contribution in [1.29, 1.82) is 0 Å². The first-order valence-electron chi connectivity index (χ1n) is 4.84. The normalized spacial score (nSPS) is 13.4. The SMILES string of the molecule is CC(C)C(N)c1ccc(OCC(F)(F)F)s1.Cl.